The zero-order valence-corrected chi connectivity index (χ0v) is 28.2. The zero-order valence-electron chi connectivity index (χ0n) is 27.3. The Morgan fingerprint density at radius 1 is 0.490 bits per heavy atom. The summed E-state index contributed by atoms with van der Waals surface area (Å²) in [5, 5.41) is 43.9. The second-order valence-electron chi connectivity index (χ2n) is 12.5. The maximum Gasteiger partial charge on any atom is 0.397 e. The van der Waals surface area contributed by atoms with E-state index in [4.69, 9.17) is 4.52 Å². The van der Waals surface area contributed by atoms with Crippen molar-refractivity contribution < 1.29 is 29.5 Å². The highest BCUT2D eigenvalue weighted by atomic mass is 31.2. The molecule has 1 fully saturated rings. The van der Waals surface area contributed by atoms with Gasteiger partial charge in [0.2, 0.25) is 0 Å². The number of aliphatic hydroxyl groups excluding tert-OH is 4. The largest absolute Gasteiger partial charge is 0.422 e. The first-order valence-electron chi connectivity index (χ1n) is 16.6. The second kappa shape index (κ2) is 16.1. The summed E-state index contributed by atoms with van der Waals surface area (Å²) in [4.78, 5) is 0. The van der Waals surface area contributed by atoms with E-state index in [0.717, 1.165) is 33.4 Å². The number of hydrogen-bond donors (Lipinski definition) is 4. The molecule has 4 N–H and O–H groups in total. The van der Waals surface area contributed by atoms with Gasteiger partial charge in [-0.3, -0.25) is 0 Å². The predicted octanol–water partition coefficient (Wildman–Crippen LogP) is 6.12. The summed E-state index contributed by atoms with van der Waals surface area (Å²) in [6, 6.07) is 41.6. The smallest absolute Gasteiger partial charge is 0.397 e. The molecule has 1 aliphatic heterocycles. The van der Waals surface area contributed by atoms with Crippen LogP contribution in [-0.2, 0) is 43.7 Å². The van der Waals surface area contributed by atoms with Crippen molar-refractivity contribution in [2.75, 3.05) is 0 Å². The topological polar surface area (TPSA) is 114 Å². The molecule has 0 unspecified atom stereocenters. The highest BCUT2D eigenvalue weighted by Crippen LogP contribution is 2.60. The van der Waals surface area contributed by atoms with Gasteiger partial charge in [-0.25, -0.2) is 4.57 Å². The number of hydrogen-bond acceptors (Lipinski definition) is 6. The van der Waals surface area contributed by atoms with E-state index in [9.17, 15) is 20.4 Å². The van der Waals surface area contributed by atoms with Crippen LogP contribution in [0.3, 0.4) is 0 Å². The Bertz CT molecular complexity index is 1680. The molecule has 0 amide bonds. The number of benzene rings is 5. The molecule has 0 aliphatic carbocycles. The summed E-state index contributed by atoms with van der Waals surface area (Å²) >= 11 is 0. The number of rotatable bonds is 12. The predicted molar refractivity (Wildman–Crippen MR) is 190 cm³/mol. The molecule has 5 aromatic carbocycles. The third-order valence-electron chi connectivity index (χ3n) is 9.20. The fourth-order valence-electron chi connectivity index (χ4n) is 6.50. The van der Waals surface area contributed by atoms with Crippen molar-refractivity contribution in [3.8, 4) is 5.75 Å². The summed E-state index contributed by atoms with van der Waals surface area (Å²) in [6.07, 6.45) is -2.01. The Hall–Kier alpha value is -4.11. The average Bonchev–Trinajstić information content (AvgIpc) is 3.19. The van der Waals surface area contributed by atoms with Gasteiger partial charge in [-0.1, -0.05) is 127 Å². The second-order valence-corrected chi connectivity index (χ2v) is 14.7. The van der Waals surface area contributed by atoms with Crippen LogP contribution in [0.5, 0.6) is 5.75 Å². The Balaban J connectivity index is 1.55. The van der Waals surface area contributed by atoms with Crippen molar-refractivity contribution in [3.05, 3.63) is 173 Å². The van der Waals surface area contributed by atoms with Crippen LogP contribution in [0.15, 0.2) is 140 Å². The van der Waals surface area contributed by atoms with Gasteiger partial charge in [-0.05, 0) is 58.4 Å². The van der Waals surface area contributed by atoms with Gasteiger partial charge >= 0.3 is 7.67 Å². The summed E-state index contributed by atoms with van der Waals surface area (Å²) in [5.74, 6) is 0.398. The van der Waals surface area contributed by atoms with Crippen molar-refractivity contribution in [3.63, 3.8) is 0 Å². The van der Waals surface area contributed by atoms with Crippen molar-refractivity contribution in [1.82, 2.24) is 9.34 Å². The SMILES string of the molecule is O=P1(Oc2ccccc2)N(Cc2ccc(CO)cc2)[C@@H](Cc2ccccc2)[C@@H](O)[C@H](O)[C@H](Cc2ccccc2)N1Cc1ccc(CO)cc1. The van der Waals surface area contributed by atoms with Crippen LogP contribution in [0.2, 0.25) is 0 Å². The minimum Gasteiger partial charge on any atom is -0.422 e. The minimum atomic E-state index is -4.18. The van der Waals surface area contributed by atoms with Gasteiger partial charge < -0.3 is 24.9 Å². The molecular formula is C40H43N2O6P. The van der Waals surface area contributed by atoms with Gasteiger partial charge in [-0.15, -0.1) is 0 Å². The molecule has 5 aromatic rings. The van der Waals surface area contributed by atoms with Gasteiger partial charge in [0, 0.05) is 13.1 Å². The summed E-state index contributed by atoms with van der Waals surface area (Å²) in [5.41, 5.74) is 4.94. The first-order chi connectivity index (χ1) is 23.9. The molecule has 254 valence electrons. The van der Waals surface area contributed by atoms with E-state index in [1.807, 2.05) is 127 Å². The Labute approximate surface area is 288 Å². The summed E-state index contributed by atoms with van der Waals surface area (Å²) in [7, 11) is -4.18. The van der Waals surface area contributed by atoms with Crippen LogP contribution in [0.25, 0.3) is 0 Å². The molecule has 0 saturated carbocycles. The van der Waals surface area contributed by atoms with Crippen molar-refractivity contribution >= 4 is 7.67 Å². The molecule has 1 aliphatic rings. The van der Waals surface area contributed by atoms with E-state index in [-0.39, 0.29) is 26.3 Å². The Kier molecular flexibility index (Phi) is 11.4. The molecule has 0 spiro atoms. The van der Waals surface area contributed by atoms with E-state index in [0.29, 0.717) is 18.6 Å². The molecule has 4 atom stereocenters. The normalized spacial score (nSPS) is 23.2. The zero-order chi connectivity index (χ0) is 34.2. The molecule has 0 radical (unpaired) electrons. The van der Waals surface area contributed by atoms with Crippen molar-refractivity contribution in [2.24, 2.45) is 0 Å². The van der Waals surface area contributed by atoms with Gasteiger partial charge in [0.05, 0.1) is 37.5 Å². The fourth-order valence-corrected chi connectivity index (χ4v) is 9.28. The highest BCUT2D eigenvalue weighted by molar-refractivity contribution is 7.54. The summed E-state index contributed by atoms with van der Waals surface area (Å²) in [6.45, 7) is 0.0561. The van der Waals surface area contributed by atoms with E-state index in [1.165, 1.54) is 0 Å². The molecule has 1 saturated heterocycles. The molecule has 49 heavy (non-hydrogen) atoms. The Morgan fingerprint density at radius 2 is 0.837 bits per heavy atom. The van der Waals surface area contributed by atoms with E-state index in [2.05, 4.69) is 0 Å². The van der Waals surface area contributed by atoms with Gasteiger partial charge in [0.15, 0.2) is 0 Å². The van der Waals surface area contributed by atoms with Crippen LogP contribution in [0.1, 0.15) is 33.4 Å². The maximum absolute atomic E-state index is 16.4. The van der Waals surface area contributed by atoms with Gasteiger partial charge in [0.1, 0.15) is 5.75 Å². The molecule has 1 heterocycles. The lowest BCUT2D eigenvalue weighted by atomic mass is 9.91. The van der Waals surface area contributed by atoms with Crippen LogP contribution in [0.4, 0.5) is 0 Å². The van der Waals surface area contributed by atoms with Crippen molar-refractivity contribution in [1.29, 1.82) is 0 Å². The lowest BCUT2D eigenvalue weighted by Gasteiger charge is -2.42. The van der Waals surface area contributed by atoms with E-state index < -0.39 is 32.0 Å². The number of nitrogens with zero attached hydrogens (tertiary/aromatic N) is 2. The fraction of sp³-hybridized carbons (Fsp3) is 0.250. The van der Waals surface area contributed by atoms with Crippen LogP contribution in [0, 0.1) is 0 Å². The lowest BCUT2D eigenvalue weighted by Crippen LogP contribution is -2.50. The van der Waals surface area contributed by atoms with Crippen LogP contribution < -0.4 is 4.52 Å². The lowest BCUT2D eigenvalue weighted by molar-refractivity contribution is -0.0408. The number of para-hydroxylation sites is 1. The highest BCUT2D eigenvalue weighted by Gasteiger charge is 2.55. The van der Waals surface area contributed by atoms with Crippen molar-refractivity contribution in [2.45, 2.75) is 63.4 Å². The minimum absolute atomic E-state index is 0.106. The molecular weight excluding hydrogens is 635 g/mol. The molecule has 0 bridgehead atoms. The van der Waals surface area contributed by atoms with Gasteiger partial charge in [-0.2, -0.15) is 9.34 Å². The first kappa shape index (κ1) is 34.7. The molecule has 9 heteroatoms. The Morgan fingerprint density at radius 3 is 1.20 bits per heavy atom. The van der Waals surface area contributed by atoms with Gasteiger partial charge in [0.25, 0.3) is 0 Å². The van der Waals surface area contributed by atoms with Crippen LogP contribution >= 0.6 is 7.67 Å². The number of aliphatic hydroxyl groups is 4. The third kappa shape index (κ3) is 8.20. The third-order valence-corrected chi connectivity index (χ3v) is 11.8. The average molecular weight is 679 g/mol. The standard InChI is InChI=1S/C40H43N2O6P/c43-28-34-20-16-32(17-21-34)26-41-37(24-30-10-4-1-5-11-30)39(45)40(46)38(25-31-12-6-2-7-13-31)42(27-33-18-22-35(29-44)23-19-33)49(41,47)48-36-14-8-3-9-15-36/h1-23,37-40,43-46H,24-29H2/t37-,38-,39+,40+/m0/s1. The molecule has 6 rings (SSSR count). The summed E-state index contributed by atoms with van der Waals surface area (Å²) < 4.78 is 26.6. The maximum atomic E-state index is 16.4. The van der Waals surface area contributed by atoms with Crippen LogP contribution in [-0.4, -0.2) is 54.1 Å². The molecule has 0 aromatic heterocycles. The van der Waals surface area contributed by atoms with E-state index >= 15 is 4.57 Å². The first-order valence-corrected chi connectivity index (χ1v) is 18.1. The quantitative estimate of drug-likeness (QED) is 0.117. The monoisotopic (exact) mass is 678 g/mol. The molecule has 8 nitrogen and oxygen atoms in total. The van der Waals surface area contributed by atoms with E-state index in [1.54, 1.807) is 21.5 Å².